The topological polar surface area (TPSA) is 82.2 Å². The molecule has 2 heterocycles. The van der Waals surface area contributed by atoms with Gasteiger partial charge in [-0.25, -0.2) is 0 Å². The number of carbonyl (C=O) groups excluding carboxylic acids is 1. The van der Waals surface area contributed by atoms with Crippen LogP contribution in [0.5, 0.6) is 5.75 Å². The van der Waals surface area contributed by atoms with Crippen molar-refractivity contribution in [2.75, 3.05) is 11.1 Å². The largest absolute Gasteiger partial charge is 0.486 e. The highest BCUT2D eigenvalue weighted by atomic mass is 32.1. The van der Waals surface area contributed by atoms with Crippen LogP contribution in [-0.4, -0.2) is 21.7 Å². The van der Waals surface area contributed by atoms with Crippen LogP contribution in [-0.2, 0) is 13.6 Å². The number of rotatable bonds is 6. The van der Waals surface area contributed by atoms with Crippen molar-refractivity contribution in [2.24, 2.45) is 7.05 Å². The molecule has 7 heteroatoms. The lowest BCUT2D eigenvalue weighted by Gasteiger charge is -2.12. The summed E-state index contributed by atoms with van der Waals surface area (Å²) in [6, 6.07) is 0. The molecule has 2 rings (SSSR count). The fourth-order valence-corrected chi connectivity index (χ4v) is 2.85. The van der Waals surface area contributed by atoms with Gasteiger partial charge in [-0.1, -0.05) is 0 Å². The summed E-state index contributed by atoms with van der Waals surface area (Å²) in [6.07, 6.45) is 3.71. The molecule has 2 aromatic rings. The van der Waals surface area contributed by atoms with E-state index >= 15 is 0 Å². The first kappa shape index (κ1) is 15.4. The van der Waals surface area contributed by atoms with Gasteiger partial charge in [0.05, 0.1) is 22.9 Å². The smallest absolute Gasteiger partial charge is 0.177 e. The first-order chi connectivity index (χ1) is 9.88. The predicted octanol–water partition coefficient (Wildman–Crippen LogP) is 2.67. The zero-order chi connectivity index (χ0) is 15.6. The summed E-state index contributed by atoms with van der Waals surface area (Å²) in [4.78, 5) is 12.2. The Bertz CT molecular complexity index is 645. The van der Waals surface area contributed by atoms with Crippen LogP contribution in [0.15, 0.2) is 12.4 Å². The molecule has 3 N–H and O–H groups in total. The summed E-state index contributed by atoms with van der Waals surface area (Å²) in [7, 11) is 1.87. The molecule has 0 saturated heterocycles. The third-order valence-electron chi connectivity index (χ3n) is 2.78. The Hall–Kier alpha value is -2.02. The average molecular weight is 308 g/mol. The third-order valence-corrected chi connectivity index (χ3v) is 4.03. The summed E-state index contributed by atoms with van der Waals surface area (Å²) in [5, 5.41) is 8.17. The van der Waals surface area contributed by atoms with Crippen LogP contribution in [0.2, 0.25) is 0 Å². The number of Topliss-reactive ketones (excluding diaryl/α,β-unsaturated/α-hetero) is 1. The molecule has 0 spiro atoms. The SMILES string of the molecule is CC(=O)c1sc(NCc2cnn(C)c2)c(OC(C)C)c1N. The van der Waals surface area contributed by atoms with Gasteiger partial charge in [-0.2, -0.15) is 5.10 Å². The van der Waals surface area contributed by atoms with Gasteiger partial charge in [-0.05, 0) is 13.8 Å². The number of thiophene rings is 1. The van der Waals surface area contributed by atoms with Gasteiger partial charge in [0.1, 0.15) is 5.00 Å². The second-order valence-electron chi connectivity index (χ2n) is 5.10. The number of aryl methyl sites for hydroxylation is 1. The molecule has 0 aromatic carbocycles. The molecule has 0 atom stereocenters. The van der Waals surface area contributed by atoms with E-state index in [1.54, 1.807) is 10.9 Å². The number of ketones is 1. The van der Waals surface area contributed by atoms with Crippen molar-refractivity contribution in [1.29, 1.82) is 0 Å². The zero-order valence-corrected chi connectivity index (χ0v) is 13.5. The minimum atomic E-state index is -0.0551. The highest BCUT2D eigenvalue weighted by Crippen LogP contribution is 2.43. The maximum Gasteiger partial charge on any atom is 0.177 e. The first-order valence-electron chi connectivity index (χ1n) is 6.69. The molecule has 0 fully saturated rings. The van der Waals surface area contributed by atoms with Gasteiger partial charge in [-0.15, -0.1) is 11.3 Å². The van der Waals surface area contributed by atoms with Gasteiger partial charge in [0.15, 0.2) is 11.5 Å². The highest BCUT2D eigenvalue weighted by Gasteiger charge is 2.21. The number of nitrogens with two attached hydrogens (primary N) is 1. The number of ether oxygens (including phenoxy) is 1. The molecule has 0 aliphatic heterocycles. The standard InChI is InChI=1S/C14H20N4O2S/c1-8(2)20-12-11(15)13(9(3)19)21-14(12)16-5-10-6-17-18(4)7-10/h6-8,16H,5,15H2,1-4H3. The summed E-state index contributed by atoms with van der Waals surface area (Å²) >= 11 is 1.32. The number of carbonyl (C=O) groups is 1. The fraction of sp³-hybridized carbons (Fsp3) is 0.429. The van der Waals surface area contributed by atoms with Crippen molar-refractivity contribution in [3.05, 3.63) is 22.8 Å². The van der Waals surface area contributed by atoms with Gasteiger partial charge < -0.3 is 15.8 Å². The number of hydrogen-bond donors (Lipinski definition) is 2. The minimum absolute atomic E-state index is 0.0133. The van der Waals surface area contributed by atoms with Crippen molar-refractivity contribution in [3.63, 3.8) is 0 Å². The molecule has 0 aliphatic carbocycles. The van der Waals surface area contributed by atoms with Crippen LogP contribution in [0, 0.1) is 0 Å². The molecule has 2 aromatic heterocycles. The van der Waals surface area contributed by atoms with Crippen LogP contribution in [0.25, 0.3) is 0 Å². The number of aromatic nitrogens is 2. The molecular weight excluding hydrogens is 288 g/mol. The quantitative estimate of drug-likeness (QED) is 0.802. The summed E-state index contributed by atoms with van der Waals surface area (Å²) in [5.41, 5.74) is 7.49. The van der Waals surface area contributed by atoms with E-state index in [0.29, 0.717) is 22.9 Å². The number of nitrogen functional groups attached to an aromatic ring is 1. The average Bonchev–Trinajstić information content (AvgIpc) is 2.93. The van der Waals surface area contributed by atoms with E-state index in [-0.39, 0.29) is 11.9 Å². The lowest BCUT2D eigenvalue weighted by atomic mass is 10.3. The number of nitrogens with zero attached hydrogens (tertiary/aromatic N) is 2. The second kappa shape index (κ2) is 6.17. The van der Waals surface area contributed by atoms with Crippen molar-refractivity contribution >= 4 is 27.8 Å². The monoisotopic (exact) mass is 308 g/mol. The minimum Gasteiger partial charge on any atom is -0.486 e. The van der Waals surface area contributed by atoms with Crippen molar-refractivity contribution in [1.82, 2.24) is 9.78 Å². The molecule has 0 radical (unpaired) electrons. The Kier molecular flexibility index (Phi) is 4.52. The summed E-state index contributed by atoms with van der Waals surface area (Å²) in [5.74, 6) is 0.504. The number of hydrogen-bond acceptors (Lipinski definition) is 6. The molecule has 21 heavy (non-hydrogen) atoms. The van der Waals surface area contributed by atoms with E-state index in [9.17, 15) is 4.79 Å². The molecule has 0 aliphatic rings. The second-order valence-corrected chi connectivity index (χ2v) is 6.12. The molecule has 0 saturated carbocycles. The third kappa shape index (κ3) is 3.55. The Morgan fingerprint density at radius 3 is 2.81 bits per heavy atom. The van der Waals surface area contributed by atoms with E-state index in [1.807, 2.05) is 27.1 Å². The lowest BCUT2D eigenvalue weighted by Crippen LogP contribution is -2.09. The van der Waals surface area contributed by atoms with Gasteiger partial charge in [0.25, 0.3) is 0 Å². The van der Waals surface area contributed by atoms with E-state index < -0.39 is 0 Å². The van der Waals surface area contributed by atoms with E-state index in [1.165, 1.54) is 18.3 Å². The molecule has 0 unspecified atom stereocenters. The lowest BCUT2D eigenvalue weighted by molar-refractivity contribution is 0.102. The highest BCUT2D eigenvalue weighted by molar-refractivity contribution is 7.19. The van der Waals surface area contributed by atoms with Crippen molar-refractivity contribution in [2.45, 2.75) is 33.4 Å². The summed E-state index contributed by atoms with van der Waals surface area (Å²) < 4.78 is 7.49. The van der Waals surface area contributed by atoms with Crippen LogP contribution in [0.1, 0.15) is 36.0 Å². The maximum absolute atomic E-state index is 11.6. The van der Waals surface area contributed by atoms with Gasteiger partial charge in [0.2, 0.25) is 0 Å². The maximum atomic E-state index is 11.6. The Morgan fingerprint density at radius 1 is 1.57 bits per heavy atom. The van der Waals surface area contributed by atoms with Crippen LogP contribution in [0.3, 0.4) is 0 Å². The Labute approximate surface area is 127 Å². The van der Waals surface area contributed by atoms with E-state index in [2.05, 4.69) is 10.4 Å². The molecule has 0 amide bonds. The van der Waals surface area contributed by atoms with Crippen LogP contribution >= 0.6 is 11.3 Å². The van der Waals surface area contributed by atoms with Gasteiger partial charge in [-0.3, -0.25) is 9.48 Å². The number of nitrogens with one attached hydrogen (secondary N) is 1. The molecular formula is C14H20N4O2S. The van der Waals surface area contributed by atoms with Crippen molar-refractivity contribution < 1.29 is 9.53 Å². The Balaban J connectivity index is 2.24. The summed E-state index contributed by atoms with van der Waals surface area (Å²) in [6.45, 7) is 5.96. The van der Waals surface area contributed by atoms with Gasteiger partial charge >= 0.3 is 0 Å². The predicted molar refractivity (Wildman–Crippen MR) is 85.0 cm³/mol. The fourth-order valence-electron chi connectivity index (χ4n) is 1.90. The normalized spacial score (nSPS) is 10.9. The van der Waals surface area contributed by atoms with Crippen LogP contribution in [0.4, 0.5) is 10.7 Å². The molecule has 114 valence electrons. The van der Waals surface area contributed by atoms with Crippen LogP contribution < -0.4 is 15.8 Å². The van der Waals surface area contributed by atoms with E-state index in [0.717, 1.165) is 10.6 Å². The molecule has 6 nitrogen and oxygen atoms in total. The van der Waals surface area contributed by atoms with Gasteiger partial charge in [0, 0.05) is 32.3 Å². The number of anilines is 2. The van der Waals surface area contributed by atoms with E-state index in [4.69, 9.17) is 10.5 Å². The molecule has 0 bridgehead atoms. The van der Waals surface area contributed by atoms with Crippen molar-refractivity contribution in [3.8, 4) is 5.75 Å². The first-order valence-corrected chi connectivity index (χ1v) is 7.51. The zero-order valence-electron chi connectivity index (χ0n) is 12.6. The Morgan fingerprint density at radius 2 is 2.29 bits per heavy atom.